The lowest BCUT2D eigenvalue weighted by molar-refractivity contribution is 0.135. The zero-order valence-corrected chi connectivity index (χ0v) is 13.7. The second kappa shape index (κ2) is 6.60. The fraction of sp³-hybridized carbons (Fsp3) is 0.368. The van der Waals surface area contributed by atoms with E-state index in [1.54, 1.807) is 14.2 Å². The molecule has 0 fully saturated rings. The van der Waals surface area contributed by atoms with Crippen LogP contribution in [0.3, 0.4) is 0 Å². The Hall–Kier alpha value is -2.04. The number of fused-ring (bicyclic) bond motifs is 1. The number of ether oxygens (including phenoxy) is 2. The number of hydrogen-bond acceptors (Lipinski definition) is 4. The molecule has 1 aliphatic carbocycles. The molecule has 23 heavy (non-hydrogen) atoms. The maximum atomic E-state index is 10.4. The molecule has 0 aliphatic heterocycles. The van der Waals surface area contributed by atoms with Crippen molar-refractivity contribution >= 4 is 0 Å². The second-order valence-corrected chi connectivity index (χ2v) is 5.94. The van der Waals surface area contributed by atoms with Crippen molar-refractivity contribution in [1.29, 1.82) is 0 Å². The van der Waals surface area contributed by atoms with Crippen LogP contribution >= 0.6 is 0 Å². The van der Waals surface area contributed by atoms with E-state index in [-0.39, 0.29) is 12.1 Å². The molecular formula is C19H23NO3. The van der Waals surface area contributed by atoms with Crippen LogP contribution in [0.4, 0.5) is 0 Å². The molecule has 2 N–H and O–H groups in total. The van der Waals surface area contributed by atoms with Crippen molar-refractivity contribution in [3.63, 3.8) is 0 Å². The predicted octanol–water partition coefficient (Wildman–Crippen LogP) is 3.01. The topological polar surface area (TPSA) is 50.7 Å². The van der Waals surface area contributed by atoms with Gasteiger partial charge in [0, 0.05) is 18.0 Å². The summed E-state index contributed by atoms with van der Waals surface area (Å²) in [5.74, 6) is 1.60. The molecule has 0 radical (unpaired) electrons. The van der Waals surface area contributed by atoms with Gasteiger partial charge in [-0.25, -0.2) is 0 Å². The zero-order chi connectivity index (χ0) is 16.4. The number of nitrogens with one attached hydrogen (secondary N) is 1. The van der Waals surface area contributed by atoms with Crippen molar-refractivity contribution in [2.24, 2.45) is 0 Å². The first-order chi connectivity index (χ1) is 11.1. The highest BCUT2D eigenvalue weighted by Gasteiger charge is 2.32. The van der Waals surface area contributed by atoms with Gasteiger partial charge in [0.1, 0.15) is 11.5 Å². The molecule has 4 heteroatoms. The van der Waals surface area contributed by atoms with E-state index in [2.05, 4.69) is 24.4 Å². The minimum absolute atomic E-state index is 0.0193. The number of rotatable bonds is 5. The molecule has 3 atom stereocenters. The van der Waals surface area contributed by atoms with E-state index >= 15 is 0 Å². The third-order valence-corrected chi connectivity index (χ3v) is 4.54. The minimum Gasteiger partial charge on any atom is -0.497 e. The van der Waals surface area contributed by atoms with Gasteiger partial charge in [0.2, 0.25) is 0 Å². The summed E-state index contributed by atoms with van der Waals surface area (Å²) in [4.78, 5) is 0. The predicted molar refractivity (Wildman–Crippen MR) is 90.0 cm³/mol. The second-order valence-electron chi connectivity index (χ2n) is 5.94. The highest BCUT2D eigenvalue weighted by atomic mass is 16.5. The molecule has 1 aliphatic rings. The van der Waals surface area contributed by atoms with Crippen molar-refractivity contribution < 1.29 is 14.6 Å². The zero-order valence-electron chi connectivity index (χ0n) is 13.7. The standard InChI is InChI=1S/C19H23NO3/c1-12(16-11-14(22-2)8-9-18(16)23-3)20-19-15-7-5-4-6-13(15)10-17(19)21/h4-9,11-12,17,19-21H,10H2,1-3H3. The lowest BCUT2D eigenvalue weighted by atomic mass is 10.0. The van der Waals surface area contributed by atoms with Crippen LogP contribution in [0.2, 0.25) is 0 Å². The largest absolute Gasteiger partial charge is 0.497 e. The SMILES string of the molecule is COc1ccc(OC)c(C(C)NC2c3ccccc3CC2O)c1. The molecule has 3 rings (SSSR count). The summed E-state index contributed by atoms with van der Waals surface area (Å²) in [5, 5.41) is 14.0. The van der Waals surface area contributed by atoms with Crippen molar-refractivity contribution in [3.05, 3.63) is 59.2 Å². The van der Waals surface area contributed by atoms with E-state index in [1.165, 1.54) is 11.1 Å². The van der Waals surface area contributed by atoms with Gasteiger partial charge in [-0.2, -0.15) is 0 Å². The van der Waals surface area contributed by atoms with Gasteiger partial charge in [0.15, 0.2) is 0 Å². The average molecular weight is 313 g/mol. The highest BCUT2D eigenvalue weighted by Crippen LogP contribution is 2.35. The van der Waals surface area contributed by atoms with Crippen LogP contribution in [0.15, 0.2) is 42.5 Å². The van der Waals surface area contributed by atoms with E-state index in [0.717, 1.165) is 17.1 Å². The monoisotopic (exact) mass is 313 g/mol. The Bertz CT molecular complexity index is 686. The Morgan fingerprint density at radius 2 is 1.91 bits per heavy atom. The van der Waals surface area contributed by atoms with Crippen LogP contribution in [0, 0.1) is 0 Å². The number of aliphatic hydroxyl groups is 1. The van der Waals surface area contributed by atoms with Gasteiger partial charge in [-0.1, -0.05) is 24.3 Å². The molecule has 0 aromatic heterocycles. The normalized spacial score (nSPS) is 20.9. The van der Waals surface area contributed by atoms with E-state index in [1.807, 2.05) is 30.3 Å². The minimum atomic E-state index is -0.411. The lowest BCUT2D eigenvalue weighted by Gasteiger charge is -2.25. The first-order valence-corrected chi connectivity index (χ1v) is 7.88. The molecular weight excluding hydrogens is 290 g/mol. The van der Waals surface area contributed by atoms with Gasteiger partial charge in [-0.05, 0) is 36.2 Å². The van der Waals surface area contributed by atoms with Gasteiger partial charge < -0.3 is 19.9 Å². The fourth-order valence-corrected chi connectivity index (χ4v) is 3.31. The Morgan fingerprint density at radius 3 is 2.65 bits per heavy atom. The highest BCUT2D eigenvalue weighted by molar-refractivity contribution is 5.43. The molecule has 3 unspecified atom stereocenters. The van der Waals surface area contributed by atoms with Gasteiger partial charge >= 0.3 is 0 Å². The van der Waals surface area contributed by atoms with Gasteiger partial charge in [0.05, 0.1) is 26.4 Å². The van der Waals surface area contributed by atoms with Crippen LogP contribution in [0.25, 0.3) is 0 Å². The summed E-state index contributed by atoms with van der Waals surface area (Å²) in [6, 6.07) is 13.9. The molecule has 0 saturated heterocycles. The number of benzene rings is 2. The van der Waals surface area contributed by atoms with E-state index < -0.39 is 6.10 Å². The Morgan fingerprint density at radius 1 is 1.13 bits per heavy atom. The molecule has 0 spiro atoms. The maximum Gasteiger partial charge on any atom is 0.123 e. The number of aliphatic hydroxyl groups excluding tert-OH is 1. The quantitative estimate of drug-likeness (QED) is 0.891. The molecule has 0 saturated carbocycles. The summed E-state index contributed by atoms with van der Waals surface area (Å²) in [6.45, 7) is 2.07. The Kier molecular flexibility index (Phi) is 4.55. The van der Waals surface area contributed by atoms with Crippen LogP contribution in [0.5, 0.6) is 11.5 Å². The average Bonchev–Trinajstić information content (AvgIpc) is 2.90. The van der Waals surface area contributed by atoms with Crippen molar-refractivity contribution in [3.8, 4) is 11.5 Å². The molecule has 122 valence electrons. The number of hydrogen-bond donors (Lipinski definition) is 2. The van der Waals surface area contributed by atoms with Crippen molar-refractivity contribution in [1.82, 2.24) is 5.32 Å². The van der Waals surface area contributed by atoms with Crippen LogP contribution in [-0.4, -0.2) is 25.4 Å². The van der Waals surface area contributed by atoms with E-state index in [0.29, 0.717) is 6.42 Å². The molecule has 4 nitrogen and oxygen atoms in total. The maximum absolute atomic E-state index is 10.4. The molecule has 2 aromatic rings. The number of methoxy groups -OCH3 is 2. The first kappa shape index (κ1) is 15.8. The van der Waals surface area contributed by atoms with Crippen LogP contribution < -0.4 is 14.8 Å². The van der Waals surface area contributed by atoms with Crippen LogP contribution in [0.1, 0.15) is 35.7 Å². The fourth-order valence-electron chi connectivity index (χ4n) is 3.31. The summed E-state index contributed by atoms with van der Waals surface area (Å²) in [7, 11) is 3.32. The van der Waals surface area contributed by atoms with E-state index in [4.69, 9.17) is 9.47 Å². The Labute approximate surface area is 137 Å². The molecule has 0 amide bonds. The third-order valence-electron chi connectivity index (χ3n) is 4.54. The summed E-state index contributed by atoms with van der Waals surface area (Å²) < 4.78 is 10.8. The Balaban J connectivity index is 1.86. The molecule has 0 bridgehead atoms. The smallest absolute Gasteiger partial charge is 0.123 e. The van der Waals surface area contributed by atoms with Gasteiger partial charge in [-0.15, -0.1) is 0 Å². The van der Waals surface area contributed by atoms with Gasteiger partial charge in [-0.3, -0.25) is 0 Å². The molecule has 2 aromatic carbocycles. The van der Waals surface area contributed by atoms with Crippen molar-refractivity contribution in [2.45, 2.75) is 31.5 Å². The van der Waals surface area contributed by atoms with Crippen LogP contribution in [-0.2, 0) is 6.42 Å². The summed E-state index contributed by atoms with van der Waals surface area (Å²) in [6.07, 6.45) is 0.280. The third kappa shape index (κ3) is 3.05. The van der Waals surface area contributed by atoms with Crippen molar-refractivity contribution in [2.75, 3.05) is 14.2 Å². The van der Waals surface area contributed by atoms with E-state index in [9.17, 15) is 5.11 Å². The van der Waals surface area contributed by atoms with Gasteiger partial charge in [0.25, 0.3) is 0 Å². The lowest BCUT2D eigenvalue weighted by Crippen LogP contribution is -2.31. The summed E-state index contributed by atoms with van der Waals surface area (Å²) >= 11 is 0. The summed E-state index contributed by atoms with van der Waals surface area (Å²) in [5.41, 5.74) is 3.40. The first-order valence-electron chi connectivity index (χ1n) is 7.88. The molecule has 0 heterocycles.